The molecule has 0 aliphatic rings. The van der Waals surface area contributed by atoms with Crippen molar-refractivity contribution in [3.63, 3.8) is 0 Å². The summed E-state index contributed by atoms with van der Waals surface area (Å²) in [6.07, 6.45) is 1.99. The molecule has 0 amide bonds. The van der Waals surface area contributed by atoms with Gasteiger partial charge in [-0.1, -0.05) is 6.07 Å². The zero-order chi connectivity index (χ0) is 15.3. The standard InChI is InChI=1S/C18H14FN3/c1-11-3-8-15-16(9-11)21-18-17(20-15)12(2)10-22(18)14-6-4-13(19)5-7-14/h3-10H,1-2H3. The fraction of sp³-hybridized carbons (Fsp3) is 0.111. The molecule has 2 aromatic carbocycles. The van der Waals surface area contributed by atoms with Gasteiger partial charge in [-0.2, -0.15) is 0 Å². The van der Waals surface area contributed by atoms with Crippen LogP contribution in [0.3, 0.4) is 0 Å². The van der Waals surface area contributed by atoms with E-state index in [-0.39, 0.29) is 5.82 Å². The quantitative estimate of drug-likeness (QED) is 0.522. The van der Waals surface area contributed by atoms with Gasteiger partial charge in [-0.3, -0.25) is 4.57 Å². The van der Waals surface area contributed by atoms with Gasteiger partial charge in [-0.05, 0) is 61.4 Å². The number of fused-ring (bicyclic) bond motifs is 2. The SMILES string of the molecule is Cc1ccc2nc3c(C)cn(-c4ccc(F)cc4)c3nc2c1. The third-order valence-electron chi connectivity index (χ3n) is 3.83. The fourth-order valence-electron chi connectivity index (χ4n) is 2.70. The van der Waals surface area contributed by atoms with Crippen LogP contribution in [0.15, 0.2) is 48.7 Å². The summed E-state index contributed by atoms with van der Waals surface area (Å²) in [6.45, 7) is 4.05. The highest BCUT2D eigenvalue weighted by Crippen LogP contribution is 2.24. The van der Waals surface area contributed by atoms with E-state index in [0.717, 1.165) is 39.0 Å². The summed E-state index contributed by atoms with van der Waals surface area (Å²) < 4.78 is 15.1. The highest BCUT2D eigenvalue weighted by atomic mass is 19.1. The Morgan fingerprint density at radius 3 is 2.45 bits per heavy atom. The molecule has 4 heteroatoms. The number of rotatable bonds is 1. The van der Waals surface area contributed by atoms with Crippen molar-refractivity contribution >= 4 is 22.2 Å². The zero-order valence-electron chi connectivity index (χ0n) is 12.3. The van der Waals surface area contributed by atoms with E-state index >= 15 is 0 Å². The second-order valence-electron chi connectivity index (χ2n) is 5.55. The Morgan fingerprint density at radius 2 is 1.68 bits per heavy atom. The Bertz CT molecular complexity index is 1000. The molecule has 0 aliphatic heterocycles. The Hall–Kier alpha value is -2.75. The zero-order valence-corrected chi connectivity index (χ0v) is 12.3. The lowest BCUT2D eigenvalue weighted by molar-refractivity contribution is 0.627. The number of aromatic nitrogens is 3. The molecule has 0 bridgehead atoms. The van der Waals surface area contributed by atoms with E-state index < -0.39 is 0 Å². The van der Waals surface area contributed by atoms with Gasteiger partial charge in [0.05, 0.1) is 11.0 Å². The molecule has 2 heterocycles. The largest absolute Gasteiger partial charge is 0.300 e. The van der Waals surface area contributed by atoms with E-state index in [0.29, 0.717) is 0 Å². The summed E-state index contributed by atoms with van der Waals surface area (Å²) in [4.78, 5) is 9.49. The van der Waals surface area contributed by atoms with Crippen LogP contribution in [0.25, 0.3) is 27.9 Å². The van der Waals surface area contributed by atoms with E-state index in [4.69, 9.17) is 9.97 Å². The first-order valence-corrected chi connectivity index (χ1v) is 7.14. The summed E-state index contributed by atoms with van der Waals surface area (Å²) in [5.74, 6) is -0.246. The predicted octanol–water partition coefficient (Wildman–Crippen LogP) is 4.33. The van der Waals surface area contributed by atoms with Crippen molar-refractivity contribution in [2.45, 2.75) is 13.8 Å². The first-order valence-electron chi connectivity index (χ1n) is 7.14. The van der Waals surface area contributed by atoms with E-state index in [2.05, 4.69) is 0 Å². The third-order valence-corrected chi connectivity index (χ3v) is 3.83. The second kappa shape index (κ2) is 4.63. The second-order valence-corrected chi connectivity index (χ2v) is 5.55. The van der Waals surface area contributed by atoms with E-state index in [1.165, 1.54) is 12.1 Å². The summed E-state index contributed by atoms with van der Waals surface area (Å²) >= 11 is 0. The van der Waals surface area contributed by atoms with Gasteiger partial charge in [0.1, 0.15) is 11.3 Å². The molecular formula is C18H14FN3. The molecule has 0 spiro atoms. The molecule has 0 unspecified atom stereocenters. The molecule has 4 aromatic rings. The maximum Gasteiger partial charge on any atom is 0.164 e. The normalized spacial score (nSPS) is 11.4. The van der Waals surface area contributed by atoms with E-state index in [9.17, 15) is 4.39 Å². The topological polar surface area (TPSA) is 30.7 Å². The van der Waals surface area contributed by atoms with Gasteiger partial charge < -0.3 is 0 Å². The molecule has 4 rings (SSSR count). The first-order chi connectivity index (χ1) is 10.6. The summed E-state index contributed by atoms with van der Waals surface area (Å²) in [7, 11) is 0. The molecule has 3 nitrogen and oxygen atoms in total. The van der Waals surface area contributed by atoms with Crippen molar-refractivity contribution in [2.24, 2.45) is 0 Å². The molecule has 22 heavy (non-hydrogen) atoms. The van der Waals surface area contributed by atoms with Crippen LogP contribution in [0.1, 0.15) is 11.1 Å². The highest BCUT2D eigenvalue weighted by molar-refractivity contribution is 5.88. The molecule has 0 saturated heterocycles. The molecule has 0 N–H and O–H groups in total. The van der Waals surface area contributed by atoms with Gasteiger partial charge in [-0.25, -0.2) is 14.4 Å². The molecule has 108 valence electrons. The Labute approximate surface area is 127 Å². The maximum absolute atomic E-state index is 13.1. The van der Waals surface area contributed by atoms with Gasteiger partial charge in [0.15, 0.2) is 5.65 Å². The van der Waals surface area contributed by atoms with Crippen LogP contribution in [0, 0.1) is 19.7 Å². The predicted molar refractivity (Wildman–Crippen MR) is 85.8 cm³/mol. The van der Waals surface area contributed by atoms with Gasteiger partial charge in [-0.15, -0.1) is 0 Å². The van der Waals surface area contributed by atoms with Gasteiger partial charge in [0.2, 0.25) is 0 Å². The smallest absolute Gasteiger partial charge is 0.164 e. The number of halogens is 1. The number of benzene rings is 2. The number of hydrogen-bond donors (Lipinski definition) is 0. The molecule has 0 saturated carbocycles. The van der Waals surface area contributed by atoms with Crippen molar-refractivity contribution in [3.05, 3.63) is 65.6 Å². The minimum absolute atomic E-state index is 0.246. The van der Waals surface area contributed by atoms with Crippen LogP contribution in [-0.2, 0) is 0 Å². The molecular weight excluding hydrogens is 277 g/mol. The van der Waals surface area contributed by atoms with Crippen molar-refractivity contribution in [3.8, 4) is 5.69 Å². The van der Waals surface area contributed by atoms with Crippen molar-refractivity contribution in [2.75, 3.05) is 0 Å². The minimum atomic E-state index is -0.246. The summed E-state index contributed by atoms with van der Waals surface area (Å²) in [5.41, 5.74) is 6.50. The third kappa shape index (κ3) is 1.96. The summed E-state index contributed by atoms with van der Waals surface area (Å²) in [5, 5.41) is 0. The van der Waals surface area contributed by atoms with Crippen LogP contribution in [0.5, 0.6) is 0 Å². The van der Waals surface area contributed by atoms with Crippen LogP contribution in [-0.4, -0.2) is 14.5 Å². The number of nitrogens with zero attached hydrogens (tertiary/aromatic N) is 3. The molecule has 0 fully saturated rings. The van der Waals surface area contributed by atoms with E-state index in [1.807, 2.05) is 42.8 Å². The Kier molecular flexibility index (Phi) is 2.73. The van der Waals surface area contributed by atoms with E-state index in [1.54, 1.807) is 12.1 Å². The number of hydrogen-bond acceptors (Lipinski definition) is 2. The lowest BCUT2D eigenvalue weighted by atomic mass is 10.2. The fourth-order valence-corrected chi connectivity index (χ4v) is 2.70. The summed E-state index contributed by atoms with van der Waals surface area (Å²) in [6, 6.07) is 12.5. The van der Waals surface area contributed by atoms with Crippen molar-refractivity contribution in [1.29, 1.82) is 0 Å². The maximum atomic E-state index is 13.1. The lowest BCUT2D eigenvalue weighted by Gasteiger charge is -2.05. The van der Waals surface area contributed by atoms with Gasteiger partial charge in [0, 0.05) is 11.9 Å². The Morgan fingerprint density at radius 1 is 0.909 bits per heavy atom. The first kappa shape index (κ1) is 13.0. The highest BCUT2D eigenvalue weighted by Gasteiger charge is 2.11. The van der Waals surface area contributed by atoms with Gasteiger partial charge >= 0.3 is 0 Å². The van der Waals surface area contributed by atoms with Crippen LogP contribution < -0.4 is 0 Å². The number of aryl methyl sites for hydroxylation is 2. The van der Waals surface area contributed by atoms with Crippen LogP contribution >= 0.6 is 0 Å². The molecule has 0 atom stereocenters. The van der Waals surface area contributed by atoms with Crippen molar-refractivity contribution < 1.29 is 4.39 Å². The molecule has 0 radical (unpaired) electrons. The van der Waals surface area contributed by atoms with Crippen LogP contribution in [0.4, 0.5) is 4.39 Å². The molecule has 2 aromatic heterocycles. The van der Waals surface area contributed by atoms with Gasteiger partial charge in [0.25, 0.3) is 0 Å². The average Bonchev–Trinajstić information content (AvgIpc) is 2.82. The molecule has 0 aliphatic carbocycles. The minimum Gasteiger partial charge on any atom is -0.300 e. The van der Waals surface area contributed by atoms with Crippen molar-refractivity contribution in [1.82, 2.24) is 14.5 Å². The average molecular weight is 291 g/mol. The monoisotopic (exact) mass is 291 g/mol. The van der Waals surface area contributed by atoms with Crippen LogP contribution in [0.2, 0.25) is 0 Å². The Balaban J connectivity index is 2.04. The lowest BCUT2D eigenvalue weighted by Crippen LogP contribution is -1.95.